The lowest BCUT2D eigenvalue weighted by Crippen LogP contribution is -2.43. The summed E-state index contributed by atoms with van der Waals surface area (Å²) in [5.41, 5.74) is 3.87. The van der Waals surface area contributed by atoms with Gasteiger partial charge >= 0.3 is 5.97 Å². The number of para-hydroxylation sites is 1. The number of aromatic amines is 1. The van der Waals surface area contributed by atoms with Crippen molar-refractivity contribution in [1.29, 1.82) is 0 Å². The summed E-state index contributed by atoms with van der Waals surface area (Å²) in [6.45, 7) is 2.02. The molecule has 0 aliphatic rings. The van der Waals surface area contributed by atoms with E-state index < -0.39 is 12.0 Å². The molecular weight excluding hydrogens is 426 g/mol. The second kappa shape index (κ2) is 9.27. The molecule has 0 aliphatic carbocycles. The Balaban J connectivity index is 1.39. The van der Waals surface area contributed by atoms with Crippen LogP contribution in [0.4, 0.5) is 0 Å². The molecule has 1 amide bonds. The van der Waals surface area contributed by atoms with Gasteiger partial charge in [-0.15, -0.1) is 10.2 Å². The number of hydrogen-bond donors (Lipinski definition) is 3. The third kappa shape index (κ3) is 4.67. The SMILES string of the molecule is Cc1ccc(-c2nnc(SCC(=O)N[C@@H](Cc3c[nH]c4ccccc34)C(=O)O)n2C)cc1. The number of H-pyrrole nitrogens is 1. The lowest BCUT2D eigenvalue weighted by atomic mass is 10.1. The number of fused-ring (bicyclic) bond motifs is 1. The molecule has 0 saturated carbocycles. The number of nitrogens with zero attached hydrogens (tertiary/aromatic N) is 3. The van der Waals surface area contributed by atoms with Gasteiger partial charge in [0.05, 0.1) is 5.75 Å². The highest BCUT2D eigenvalue weighted by Gasteiger charge is 2.22. The Morgan fingerprint density at radius 2 is 1.91 bits per heavy atom. The van der Waals surface area contributed by atoms with Gasteiger partial charge in [0.1, 0.15) is 6.04 Å². The first-order valence-electron chi connectivity index (χ1n) is 10.1. The molecular formula is C23H23N5O3S. The third-order valence-corrected chi connectivity index (χ3v) is 6.23. The normalized spacial score (nSPS) is 12.1. The van der Waals surface area contributed by atoms with Crippen LogP contribution in [-0.2, 0) is 23.1 Å². The fourth-order valence-electron chi connectivity index (χ4n) is 3.48. The van der Waals surface area contributed by atoms with Crippen LogP contribution in [0.1, 0.15) is 11.1 Å². The van der Waals surface area contributed by atoms with Crippen molar-refractivity contribution in [3.05, 3.63) is 65.9 Å². The van der Waals surface area contributed by atoms with Gasteiger partial charge in [-0.2, -0.15) is 0 Å². The van der Waals surface area contributed by atoms with E-state index in [1.165, 1.54) is 11.8 Å². The molecule has 0 bridgehead atoms. The van der Waals surface area contributed by atoms with Crippen molar-refractivity contribution in [2.45, 2.75) is 24.5 Å². The number of carbonyl (C=O) groups is 2. The van der Waals surface area contributed by atoms with Crippen LogP contribution in [0.25, 0.3) is 22.3 Å². The van der Waals surface area contributed by atoms with E-state index >= 15 is 0 Å². The molecule has 9 heteroatoms. The third-order valence-electron chi connectivity index (χ3n) is 5.21. The number of aromatic nitrogens is 4. The highest BCUT2D eigenvalue weighted by Crippen LogP contribution is 2.23. The van der Waals surface area contributed by atoms with Gasteiger partial charge in [0.15, 0.2) is 11.0 Å². The standard InChI is InChI=1S/C23H23N5O3S/c1-14-7-9-15(10-8-14)21-26-27-23(28(21)2)32-13-20(29)25-19(22(30)31)11-16-12-24-18-6-4-3-5-17(16)18/h3-10,12,19,24H,11,13H2,1-2H3,(H,25,29)(H,30,31)/t19-/m0/s1. The maximum Gasteiger partial charge on any atom is 0.326 e. The summed E-state index contributed by atoms with van der Waals surface area (Å²) >= 11 is 1.22. The van der Waals surface area contributed by atoms with Crippen LogP contribution < -0.4 is 5.32 Å². The summed E-state index contributed by atoms with van der Waals surface area (Å²) in [7, 11) is 1.84. The molecule has 32 heavy (non-hydrogen) atoms. The summed E-state index contributed by atoms with van der Waals surface area (Å²) in [4.78, 5) is 27.4. The molecule has 2 aromatic carbocycles. The van der Waals surface area contributed by atoms with Crippen LogP contribution in [0.5, 0.6) is 0 Å². The fourth-order valence-corrected chi connectivity index (χ4v) is 4.20. The largest absolute Gasteiger partial charge is 0.480 e. The summed E-state index contributed by atoms with van der Waals surface area (Å²) in [6, 6.07) is 14.6. The fraction of sp³-hybridized carbons (Fsp3) is 0.217. The molecule has 0 aliphatic heterocycles. The maximum atomic E-state index is 12.5. The van der Waals surface area contributed by atoms with Crippen molar-refractivity contribution < 1.29 is 14.7 Å². The van der Waals surface area contributed by atoms with E-state index in [2.05, 4.69) is 20.5 Å². The first-order valence-corrected chi connectivity index (χ1v) is 11.1. The van der Waals surface area contributed by atoms with Gasteiger partial charge in [-0.1, -0.05) is 59.8 Å². The molecule has 3 N–H and O–H groups in total. The molecule has 1 atom stereocenters. The molecule has 4 rings (SSSR count). The van der Waals surface area contributed by atoms with Crippen LogP contribution in [0, 0.1) is 6.92 Å². The van der Waals surface area contributed by atoms with Gasteiger partial charge in [0.2, 0.25) is 5.91 Å². The molecule has 2 heterocycles. The molecule has 0 fully saturated rings. The quantitative estimate of drug-likeness (QED) is 0.356. The Labute approximate surface area is 189 Å². The molecule has 0 unspecified atom stereocenters. The van der Waals surface area contributed by atoms with Crippen molar-refractivity contribution >= 4 is 34.5 Å². The highest BCUT2D eigenvalue weighted by molar-refractivity contribution is 7.99. The van der Waals surface area contributed by atoms with Gasteiger partial charge in [0.25, 0.3) is 0 Å². The van der Waals surface area contributed by atoms with E-state index in [-0.39, 0.29) is 18.1 Å². The predicted molar refractivity (Wildman–Crippen MR) is 123 cm³/mol. The molecule has 2 aromatic heterocycles. The maximum absolute atomic E-state index is 12.5. The van der Waals surface area contributed by atoms with Crippen LogP contribution >= 0.6 is 11.8 Å². The number of rotatable bonds is 8. The zero-order valence-corrected chi connectivity index (χ0v) is 18.5. The molecule has 4 aromatic rings. The van der Waals surface area contributed by atoms with Crippen LogP contribution in [-0.4, -0.2) is 48.5 Å². The second-order valence-electron chi connectivity index (χ2n) is 7.54. The summed E-state index contributed by atoms with van der Waals surface area (Å²) in [6.07, 6.45) is 1.98. The summed E-state index contributed by atoms with van der Waals surface area (Å²) in [5, 5.41) is 22.2. The Kier molecular flexibility index (Phi) is 6.27. The summed E-state index contributed by atoms with van der Waals surface area (Å²) in [5.74, 6) is -0.705. The lowest BCUT2D eigenvalue weighted by Gasteiger charge is -2.14. The monoisotopic (exact) mass is 449 g/mol. The number of aryl methyl sites for hydroxylation is 1. The Morgan fingerprint density at radius 1 is 1.16 bits per heavy atom. The van der Waals surface area contributed by atoms with Crippen molar-refractivity contribution in [3.63, 3.8) is 0 Å². The lowest BCUT2D eigenvalue weighted by molar-refractivity contribution is -0.141. The van der Waals surface area contributed by atoms with E-state index in [9.17, 15) is 14.7 Å². The minimum Gasteiger partial charge on any atom is -0.480 e. The minimum atomic E-state index is -1.08. The van der Waals surface area contributed by atoms with E-state index in [0.717, 1.165) is 27.6 Å². The van der Waals surface area contributed by atoms with E-state index in [4.69, 9.17) is 0 Å². The van der Waals surface area contributed by atoms with Gasteiger partial charge in [0, 0.05) is 36.1 Å². The average molecular weight is 450 g/mol. The topological polar surface area (TPSA) is 113 Å². The average Bonchev–Trinajstić information content (AvgIpc) is 3.36. The van der Waals surface area contributed by atoms with Crippen molar-refractivity contribution in [2.75, 3.05) is 5.75 Å². The van der Waals surface area contributed by atoms with Gasteiger partial charge in [-0.05, 0) is 18.6 Å². The van der Waals surface area contributed by atoms with E-state index in [1.54, 1.807) is 6.20 Å². The summed E-state index contributed by atoms with van der Waals surface area (Å²) < 4.78 is 1.82. The predicted octanol–water partition coefficient (Wildman–Crippen LogP) is 3.18. The second-order valence-corrected chi connectivity index (χ2v) is 8.48. The van der Waals surface area contributed by atoms with Gasteiger partial charge < -0.3 is 20.0 Å². The van der Waals surface area contributed by atoms with Crippen molar-refractivity contribution in [3.8, 4) is 11.4 Å². The zero-order chi connectivity index (χ0) is 22.7. The number of nitrogens with one attached hydrogen (secondary N) is 2. The van der Waals surface area contributed by atoms with E-state index in [1.807, 2.05) is 67.1 Å². The molecule has 0 radical (unpaired) electrons. The first-order chi connectivity index (χ1) is 15.4. The number of carboxylic acid groups (broad SMARTS) is 1. The number of amides is 1. The van der Waals surface area contributed by atoms with Crippen molar-refractivity contribution in [2.24, 2.45) is 7.05 Å². The Hall–Kier alpha value is -3.59. The minimum absolute atomic E-state index is 0.0392. The van der Waals surface area contributed by atoms with Gasteiger partial charge in [-0.3, -0.25) is 4.79 Å². The Bertz CT molecular complexity index is 1260. The number of hydrogen-bond acceptors (Lipinski definition) is 5. The molecule has 0 saturated heterocycles. The number of carbonyl (C=O) groups excluding carboxylic acids is 1. The van der Waals surface area contributed by atoms with Crippen molar-refractivity contribution in [1.82, 2.24) is 25.1 Å². The molecule has 0 spiro atoms. The van der Waals surface area contributed by atoms with Gasteiger partial charge in [-0.25, -0.2) is 4.79 Å². The number of benzene rings is 2. The van der Waals surface area contributed by atoms with Crippen LogP contribution in [0.15, 0.2) is 59.9 Å². The number of aliphatic carboxylic acids is 1. The zero-order valence-electron chi connectivity index (χ0n) is 17.7. The first kappa shape index (κ1) is 21.6. The number of carboxylic acids is 1. The number of thioether (sulfide) groups is 1. The Morgan fingerprint density at radius 3 is 2.66 bits per heavy atom. The van der Waals surface area contributed by atoms with Crippen LogP contribution in [0.3, 0.4) is 0 Å². The van der Waals surface area contributed by atoms with E-state index in [0.29, 0.717) is 11.0 Å². The van der Waals surface area contributed by atoms with Crippen LogP contribution in [0.2, 0.25) is 0 Å². The molecule has 164 valence electrons. The smallest absolute Gasteiger partial charge is 0.326 e. The molecule has 8 nitrogen and oxygen atoms in total. The highest BCUT2D eigenvalue weighted by atomic mass is 32.2.